The maximum atomic E-state index is 12.7. The molecule has 0 unspecified atom stereocenters. The molecule has 2 heterocycles. The van der Waals surface area contributed by atoms with Crippen LogP contribution in [-0.4, -0.2) is 23.2 Å². The number of carbonyl (C=O) groups excluding carboxylic acids is 1. The van der Waals surface area contributed by atoms with Crippen molar-refractivity contribution in [1.82, 2.24) is 5.32 Å². The number of allylic oxidation sites excluding steroid dienone is 1. The van der Waals surface area contributed by atoms with Gasteiger partial charge in [-0.1, -0.05) is 30.7 Å². The third-order valence-electron chi connectivity index (χ3n) is 5.92. The van der Waals surface area contributed by atoms with Crippen molar-refractivity contribution in [2.24, 2.45) is 4.99 Å². The number of carbonyl (C=O) groups is 1. The molecule has 1 amide bonds. The van der Waals surface area contributed by atoms with Crippen molar-refractivity contribution in [3.8, 4) is 0 Å². The number of halogens is 1. The van der Waals surface area contributed by atoms with E-state index in [0.717, 1.165) is 46.6 Å². The molecule has 0 bridgehead atoms. The molecule has 0 aliphatic carbocycles. The summed E-state index contributed by atoms with van der Waals surface area (Å²) in [6, 6.07) is 10.3. The molecule has 4 nitrogen and oxygen atoms in total. The van der Waals surface area contributed by atoms with E-state index in [2.05, 4.69) is 61.1 Å². The zero-order valence-electron chi connectivity index (χ0n) is 20.0. The van der Waals surface area contributed by atoms with Gasteiger partial charge in [0.2, 0.25) is 0 Å². The Morgan fingerprint density at radius 1 is 1.12 bits per heavy atom. The summed E-state index contributed by atoms with van der Waals surface area (Å²) in [5.74, 6) is -0.155. The second-order valence-electron chi connectivity index (χ2n) is 9.35. The Morgan fingerprint density at radius 2 is 1.82 bits per heavy atom. The van der Waals surface area contributed by atoms with Crippen LogP contribution in [0.4, 0.5) is 11.4 Å². The molecule has 2 aromatic carbocycles. The molecular formula is C27H30ClN3OS. The van der Waals surface area contributed by atoms with Crippen LogP contribution in [0.1, 0.15) is 56.4 Å². The van der Waals surface area contributed by atoms with Crippen molar-refractivity contribution in [1.29, 1.82) is 0 Å². The van der Waals surface area contributed by atoms with Crippen molar-refractivity contribution < 1.29 is 4.79 Å². The van der Waals surface area contributed by atoms with Crippen LogP contribution in [0, 0.1) is 13.8 Å². The van der Waals surface area contributed by atoms with Crippen LogP contribution < -0.4 is 10.2 Å². The average molecular weight is 480 g/mol. The van der Waals surface area contributed by atoms with Gasteiger partial charge in [0.15, 0.2) is 5.17 Å². The van der Waals surface area contributed by atoms with Gasteiger partial charge in [-0.15, -0.1) is 0 Å². The summed E-state index contributed by atoms with van der Waals surface area (Å²) in [5, 5.41) is 4.10. The standard InChI is InChI=1S/C27H30ClN3OS/c1-7-8-31-23-14-22(28)19(12-21(23)18(4)15-27(31,5)6)13-24-25(32)30-26(33-24)29-20-10-16(2)9-17(3)11-20/h9-15H,7-8H2,1-6H3,(H,29,30,32)/b24-13+. The van der Waals surface area contributed by atoms with Gasteiger partial charge in [-0.2, -0.15) is 0 Å². The van der Waals surface area contributed by atoms with E-state index in [1.165, 1.54) is 17.3 Å². The van der Waals surface area contributed by atoms with Crippen molar-refractivity contribution in [2.75, 3.05) is 11.4 Å². The number of anilines is 1. The number of fused-ring (bicyclic) bond motifs is 1. The number of hydrogen-bond acceptors (Lipinski definition) is 4. The second-order valence-corrected chi connectivity index (χ2v) is 10.8. The molecule has 172 valence electrons. The van der Waals surface area contributed by atoms with Crippen LogP contribution in [-0.2, 0) is 4.79 Å². The first-order valence-corrected chi connectivity index (χ1v) is 12.5. The first-order chi connectivity index (χ1) is 15.6. The molecule has 0 saturated carbocycles. The zero-order valence-corrected chi connectivity index (χ0v) is 21.6. The van der Waals surface area contributed by atoms with Gasteiger partial charge in [0, 0.05) is 22.8 Å². The van der Waals surface area contributed by atoms with E-state index >= 15 is 0 Å². The van der Waals surface area contributed by atoms with Crippen LogP contribution in [0.5, 0.6) is 0 Å². The van der Waals surface area contributed by atoms with Crippen LogP contribution in [0.2, 0.25) is 5.02 Å². The smallest absolute Gasteiger partial charge is 0.264 e. The summed E-state index contributed by atoms with van der Waals surface area (Å²) in [7, 11) is 0. The minimum Gasteiger partial charge on any atom is -0.362 e. The molecule has 2 aliphatic heterocycles. The van der Waals surface area contributed by atoms with Crippen molar-refractivity contribution >= 4 is 57.5 Å². The second kappa shape index (κ2) is 9.03. The van der Waals surface area contributed by atoms with E-state index in [4.69, 9.17) is 11.6 Å². The lowest BCUT2D eigenvalue weighted by Crippen LogP contribution is -2.45. The maximum absolute atomic E-state index is 12.7. The lowest BCUT2D eigenvalue weighted by atomic mass is 9.87. The van der Waals surface area contributed by atoms with E-state index in [9.17, 15) is 4.79 Å². The number of amidine groups is 1. The van der Waals surface area contributed by atoms with E-state index in [1.807, 2.05) is 38.1 Å². The summed E-state index contributed by atoms with van der Waals surface area (Å²) in [4.78, 5) is 20.3. The van der Waals surface area contributed by atoms with Gasteiger partial charge < -0.3 is 10.2 Å². The minimum absolute atomic E-state index is 0.0723. The largest absolute Gasteiger partial charge is 0.362 e. The lowest BCUT2D eigenvalue weighted by molar-refractivity contribution is -0.115. The van der Waals surface area contributed by atoms with Gasteiger partial charge in [0.05, 0.1) is 16.1 Å². The van der Waals surface area contributed by atoms with Gasteiger partial charge in [-0.05, 0) is 105 Å². The summed E-state index contributed by atoms with van der Waals surface area (Å²) in [6.45, 7) is 13.8. The number of hydrogen-bond donors (Lipinski definition) is 1. The highest BCUT2D eigenvalue weighted by atomic mass is 35.5. The van der Waals surface area contributed by atoms with Crippen LogP contribution >= 0.6 is 23.4 Å². The van der Waals surface area contributed by atoms with Crippen LogP contribution in [0.15, 0.2) is 46.3 Å². The van der Waals surface area contributed by atoms with Crippen molar-refractivity contribution in [3.63, 3.8) is 0 Å². The molecule has 6 heteroatoms. The average Bonchev–Trinajstić information content (AvgIpc) is 3.03. The van der Waals surface area contributed by atoms with E-state index in [1.54, 1.807) is 0 Å². The zero-order chi connectivity index (χ0) is 23.9. The molecule has 2 aromatic rings. The Labute approximate surface area is 205 Å². The molecule has 33 heavy (non-hydrogen) atoms. The first-order valence-electron chi connectivity index (χ1n) is 11.3. The van der Waals surface area contributed by atoms with Crippen molar-refractivity contribution in [2.45, 2.75) is 53.5 Å². The number of rotatable bonds is 4. The number of nitrogens with one attached hydrogen (secondary N) is 1. The summed E-state index contributed by atoms with van der Waals surface area (Å²) >= 11 is 8.07. The van der Waals surface area contributed by atoms with Gasteiger partial charge in [-0.25, -0.2) is 4.99 Å². The molecule has 2 aliphatic rings. The predicted molar refractivity (Wildman–Crippen MR) is 144 cm³/mol. The Kier molecular flexibility index (Phi) is 6.47. The molecule has 0 atom stereocenters. The van der Waals surface area contributed by atoms with E-state index in [-0.39, 0.29) is 11.4 Å². The maximum Gasteiger partial charge on any atom is 0.264 e. The number of nitrogens with zero attached hydrogens (tertiary/aromatic N) is 2. The summed E-state index contributed by atoms with van der Waals surface area (Å²) in [6.07, 6.45) is 5.23. The molecule has 0 aromatic heterocycles. The normalized spacial score (nSPS) is 19.7. The number of aliphatic imine (C=N–C) groups is 1. The van der Waals surface area contributed by atoms with Crippen LogP contribution in [0.25, 0.3) is 11.6 Å². The number of benzene rings is 2. The minimum atomic E-state index is -0.155. The molecular weight excluding hydrogens is 450 g/mol. The van der Waals surface area contributed by atoms with E-state index in [0.29, 0.717) is 15.1 Å². The molecule has 1 fully saturated rings. The lowest BCUT2D eigenvalue weighted by Gasteiger charge is -2.43. The first kappa shape index (κ1) is 23.7. The fourth-order valence-electron chi connectivity index (χ4n) is 4.61. The fraction of sp³-hybridized carbons (Fsp3) is 0.333. The highest BCUT2D eigenvalue weighted by molar-refractivity contribution is 8.18. The predicted octanol–water partition coefficient (Wildman–Crippen LogP) is 7.26. The highest BCUT2D eigenvalue weighted by Gasteiger charge is 2.31. The SMILES string of the molecule is CCCN1c2cc(Cl)c(/C=C3/SC(=Nc4cc(C)cc(C)c4)NC3=O)cc2C(C)=CC1(C)C. The third kappa shape index (κ3) is 4.90. The summed E-state index contributed by atoms with van der Waals surface area (Å²) < 4.78 is 0. The van der Waals surface area contributed by atoms with Gasteiger partial charge in [-0.3, -0.25) is 4.79 Å². The van der Waals surface area contributed by atoms with E-state index < -0.39 is 0 Å². The number of amides is 1. The van der Waals surface area contributed by atoms with Gasteiger partial charge >= 0.3 is 0 Å². The summed E-state index contributed by atoms with van der Waals surface area (Å²) in [5.41, 5.74) is 7.41. The Bertz CT molecular complexity index is 1210. The molecule has 0 spiro atoms. The topological polar surface area (TPSA) is 44.7 Å². The molecule has 0 radical (unpaired) electrons. The van der Waals surface area contributed by atoms with Crippen LogP contribution in [0.3, 0.4) is 0 Å². The fourth-order valence-corrected chi connectivity index (χ4v) is 5.66. The monoisotopic (exact) mass is 479 g/mol. The highest BCUT2D eigenvalue weighted by Crippen LogP contribution is 2.42. The molecule has 4 rings (SSSR count). The van der Waals surface area contributed by atoms with Crippen molar-refractivity contribution in [3.05, 3.63) is 68.6 Å². The Hall–Kier alpha value is -2.50. The number of aryl methyl sites for hydroxylation is 2. The Balaban J connectivity index is 1.68. The molecule has 1 saturated heterocycles. The molecule has 1 N–H and O–H groups in total. The van der Waals surface area contributed by atoms with Gasteiger partial charge in [0.25, 0.3) is 5.91 Å². The quantitative estimate of drug-likeness (QED) is 0.469. The Morgan fingerprint density at radius 3 is 2.48 bits per heavy atom. The third-order valence-corrected chi connectivity index (χ3v) is 7.16. The van der Waals surface area contributed by atoms with Gasteiger partial charge in [0.1, 0.15) is 0 Å². The number of thioether (sulfide) groups is 1.